The summed E-state index contributed by atoms with van der Waals surface area (Å²) < 4.78 is 15.4. The maximum Gasteiger partial charge on any atom is 0.408 e. The quantitative estimate of drug-likeness (QED) is 0.646. The van der Waals surface area contributed by atoms with Crippen LogP contribution in [0.5, 0.6) is 0 Å². The van der Waals surface area contributed by atoms with Gasteiger partial charge in [-0.05, 0) is 52.3 Å². The molecule has 7 nitrogen and oxygen atoms in total. The van der Waals surface area contributed by atoms with Gasteiger partial charge in [0.1, 0.15) is 11.0 Å². The highest BCUT2D eigenvalue weighted by atomic mass is 16.6. The molecule has 2 atom stereocenters. The second-order valence-electron chi connectivity index (χ2n) is 8.73. The fourth-order valence-electron chi connectivity index (χ4n) is 3.04. The van der Waals surface area contributed by atoms with Gasteiger partial charge in [-0.15, -0.1) is 0 Å². The molecule has 0 fully saturated rings. The summed E-state index contributed by atoms with van der Waals surface area (Å²) in [5, 5.41) is 3.78. The summed E-state index contributed by atoms with van der Waals surface area (Å²) in [5.41, 5.74) is 0.932. The number of benzene rings is 1. The third-order valence-corrected chi connectivity index (χ3v) is 4.65. The number of alkyl carbamates (subject to hydrolysis) is 1. The Labute approximate surface area is 183 Å². The molecule has 1 unspecified atom stereocenters. The molecule has 7 heteroatoms. The van der Waals surface area contributed by atoms with E-state index in [1.807, 2.05) is 64.1 Å². The molecule has 31 heavy (non-hydrogen) atoms. The summed E-state index contributed by atoms with van der Waals surface area (Å²) in [5.74, 6) is -0.367. The van der Waals surface area contributed by atoms with E-state index >= 15 is 0 Å². The smallest absolute Gasteiger partial charge is 0.408 e. The van der Waals surface area contributed by atoms with Crippen molar-refractivity contribution in [3.05, 3.63) is 47.7 Å². The van der Waals surface area contributed by atoms with E-state index in [9.17, 15) is 9.59 Å². The van der Waals surface area contributed by atoms with Gasteiger partial charge in [0.15, 0.2) is 0 Å². The first-order valence-corrected chi connectivity index (χ1v) is 10.1. The molecule has 2 rings (SSSR count). The van der Waals surface area contributed by atoms with E-state index in [0.29, 0.717) is 0 Å². The van der Waals surface area contributed by atoms with Gasteiger partial charge < -0.3 is 19.5 Å². The highest BCUT2D eigenvalue weighted by Crippen LogP contribution is 2.24. The van der Waals surface area contributed by atoms with Gasteiger partial charge in [-0.25, -0.2) is 4.79 Å². The lowest BCUT2D eigenvalue weighted by Crippen LogP contribution is -2.34. The third-order valence-electron chi connectivity index (χ3n) is 4.65. The maximum atomic E-state index is 12.1. The Morgan fingerprint density at radius 2 is 1.81 bits per heavy atom. The second kappa shape index (κ2) is 9.92. The summed E-state index contributed by atoms with van der Waals surface area (Å²) in [6, 6.07) is 9.37. The standard InChI is InChI=1S/C24H32N2O5/c1-16(25-22(28)31-23(2,3)4)19-11-10-18-9-8-17(14-20(18)26-19)12-13-24(5,15-29-6)21(27)30-7/h8-14,16H,15H2,1-7H3,(H,25,28)/b13-12+/t16-,24?/m1/s1. The number of rotatable bonds is 7. The molecule has 0 aliphatic heterocycles. The van der Waals surface area contributed by atoms with Crippen LogP contribution in [0.2, 0.25) is 0 Å². The fraction of sp³-hybridized carbons (Fsp3) is 0.458. The summed E-state index contributed by atoms with van der Waals surface area (Å²) in [7, 11) is 2.90. The topological polar surface area (TPSA) is 86.8 Å². The molecule has 2 aromatic rings. The average Bonchev–Trinajstić information content (AvgIpc) is 2.69. The molecule has 1 heterocycles. The van der Waals surface area contributed by atoms with E-state index < -0.39 is 17.1 Å². The number of hydrogen-bond acceptors (Lipinski definition) is 6. The lowest BCUT2D eigenvalue weighted by molar-refractivity contribution is -0.151. The zero-order valence-corrected chi connectivity index (χ0v) is 19.3. The van der Waals surface area contributed by atoms with E-state index in [2.05, 4.69) is 5.32 Å². The van der Waals surface area contributed by atoms with Crippen molar-refractivity contribution in [2.45, 2.75) is 46.3 Å². The molecule has 1 amide bonds. The number of aromatic nitrogens is 1. The molecule has 1 aromatic heterocycles. The molecule has 0 spiro atoms. The summed E-state index contributed by atoms with van der Waals surface area (Å²) in [6.45, 7) is 9.28. The first kappa shape index (κ1) is 24.3. The monoisotopic (exact) mass is 428 g/mol. The minimum Gasteiger partial charge on any atom is -0.468 e. The van der Waals surface area contributed by atoms with E-state index in [-0.39, 0.29) is 18.6 Å². The molecule has 0 bridgehead atoms. The van der Waals surface area contributed by atoms with Crippen LogP contribution in [0.3, 0.4) is 0 Å². The zero-order valence-electron chi connectivity index (χ0n) is 19.3. The first-order chi connectivity index (χ1) is 14.5. The molecular weight excluding hydrogens is 396 g/mol. The van der Waals surface area contributed by atoms with Crippen LogP contribution in [0.25, 0.3) is 17.0 Å². The van der Waals surface area contributed by atoms with Crippen LogP contribution < -0.4 is 5.32 Å². The molecule has 0 saturated carbocycles. The number of fused-ring (bicyclic) bond motifs is 1. The Hall–Kier alpha value is -2.93. The predicted molar refractivity (Wildman–Crippen MR) is 121 cm³/mol. The highest BCUT2D eigenvalue weighted by molar-refractivity contribution is 5.83. The van der Waals surface area contributed by atoms with Crippen molar-refractivity contribution in [2.75, 3.05) is 20.8 Å². The van der Waals surface area contributed by atoms with Gasteiger partial charge in [-0.1, -0.05) is 30.4 Å². The van der Waals surface area contributed by atoms with Gasteiger partial charge in [0.2, 0.25) is 0 Å². The number of ether oxygens (including phenoxy) is 3. The minimum atomic E-state index is -0.889. The van der Waals surface area contributed by atoms with Gasteiger partial charge in [-0.3, -0.25) is 9.78 Å². The van der Waals surface area contributed by atoms with E-state index in [1.54, 1.807) is 20.1 Å². The average molecular weight is 429 g/mol. The van der Waals surface area contributed by atoms with Crippen LogP contribution in [0.1, 0.15) is 51.9 Å². The third kappa shape index (κ3) is 6.79. The second-order valence-corrected chi connectivity index (χ2v) is 8.73. The van der Waals surface area contributed by atoms with Crippen molar-refractivity contribution in [3.63, 3.8) is 0 Å². The number of methoxy groups -OCH3 is 2. The lowest BCUT2D eigenvalue weighted by Gasteiger charge is -2.22. The molecule has 1 N–H and O–H groups in total. The number of esters is 1. The Morgan fingerprint density at radius 3 is 2.42 bits per heavy atom. The molecular formula is C24H32N2O5. The van der Waals surface area contributed by atoms with Gasteiger partial charge in [0.05, 0.1) is 31.0 Å². The van der Waals surface area contributed by atoms with Crippen LogP contribution in [0.4, 0.5) is 4.79 Å². The number of hydrogen-bond donors (Lipinski definition) is 1. The van der Waals surface area contributed by atoms with E-state index in [0.717, 1.165) is 22.2 Å². The number of amides is 1. The Bertz CT molecular complexity index is 964. The maximum absolute atomic E-state index is 12.1. The summed E-state index contributed by atoms with van der Waals surface area (Å²) in [6.07, 6.45) is 3.14. The lowest BCUT2D eigenvalue weighted by atomic mass is 9.90. The zero-order chi connectivity index (χ0) is 23.2. The van der Waals surface area contributed by atoms with Crippen LogP contribution in [0, 0.1) is 5.41 Å². The first-order valence-electron chi connectivity index (χ1n) is 10.1. The Morgan fingerprint density at radius 1 is 1.13 bits per heavy atom. The van der Waals surface area contributed by atoms with E-state index in [1.165, 1.54) is 7.11 Å². The molecule has 0 aliphatic carbocycles. The van der Waals surface area contributed by atoms with Crippen LogP contribution in [-0.4, -0.2) is 43.5 Å². The molecule has 0 saturated heterocycles. The SMILES string of the molecule is COCC(C)(/C=C/c1ccc2ccc([C@@H](C)NC(=O)OC(C)(C)C)nc2c1)C(=O)OC. The number of carbonyl (C=O) groups excluding carboxylic acids is 2. The molecule has 168 valence electrons. The van der Waals surface area contributed by atoms with Gasteiger partial charge in [0.25, 0.3) is 0 Å². The number of pyridine rings is 1. The Kier molecular flexibility index (Phi) is 7.79. The summed E-state index contributed by atoms with van der Waals surface area (Å²) in [4.78, 5) is 28.9. The number of carbonyl (C=O) groups is 2. The molecule has 0 aliphatic rings. The van der Waals surface area contributed by atoms with Crippen LogP contribution in [0.15, 0.2) is 36.4 Å². The van der Waals surface area contributed by atoms with Crippen molar-refractivity contribution in [3.8, 4) is 0 Å². The minimum absolute atomic E-state index is 0.208. The van der Waals surface area contributed by atoms with Crippen molar-refractivity contribution >= 4 is 29.0 Å². The van der Waals surface area contributed by atoms with Crippen molar-refractivity contribution in [2.24, 2.45) is 5.41 Å². The molecule has 0 radical (unpaired) electrons. The van der Waals surface area contributed by atoms with E-state index in [4.69, 9.17) is 19.2 Å². The molecule has 1 aromatic carbocycles. The van der Waals surface area contributed by atoms with Gasteiger partial charge >= 0.3 is 12.1 Å². The van der Waals surface area contributed by atoms with Crippen molar-refractivity contribution in [1.29, 1.82) is 0 Å². The Balaban J connectivity index is 2.25. The van der Waals surface area contributed by atoms with Gasteiger partial charge in [0, 0.05) is 12.5 Å². The van der Waals surface area contributed by atoms with Gasteiger partial charge in [-0.2, -0.15) is 0 Å². The normalized spacial score (nSPS) is 14.8. The highest BCUT2D eigenvalue weighted by Gasteiger charge is 2.31. The number of nitrogens with one attached hydrogen (secondary N) is 1. The van der Waals surface area contributed by atoms with Crippen LogP contribution >= 0.6 is 0 Å². The fourth-order valence-corrected chi connectivity index (χ4v) is 3.04. The van der Waals surface area contributed by atoms with Crippen molar-refractivity contribution in [1.82, 2.24) is 10.3 Å². The number of nitrogens with zero attached hydrogens (tertiary/aromatic N) is 1. The predicted octanol–water partition coefficient (Wildman–Crippen LogP) is 4.66. The van der Waals surface area contributed by atoms with Crippen molar-refractivity contribution < 1.29 is 23.8 Å². The largest absolute Gasteiger partial charge is 0.468 e. The van der Waals surface area contributed by atoms with Crippen LogP contribution in [-0.2, 0) is 19.0 Å². The summed E-state index contributed by atoms with van der Waals surface area (Å²) >= 11 is 0.